The highest BCUT2D eigenvalue weighted by atomic mass is 16.5. The van der Waals surface area contributed by atoms with Crippen molar-refractivity contribution in [3.63, 3.8) is 0 Å². The van der Waals surface area contributed by atoms with Crippen molar-refractivity contribution < 1.29 is 33.5 Å². The molecule has 0 aromatic heterocycles. The number of methoxy groups -OCH3 is 1. The van der Waals surface area contributed by atoms with Crippen LogP contribution in [0, 0.1) is 17.8 Å². The second kappa shape index (κ2) is 21.5. The molecular formula is C44H60N6O7. The number of ether oxygens (including phenoxy) is 1. The molecule has 0 spiro atoms. The molecule has 57 heavy (non-hydrogen) atoms. The lowest BCUT2D eigenvalue weighted by atomic mass is 9.97. The zero-order chi connectivity index (χ0) is 42.4. The monoisotopic (exact) mass is 784 g/mol. The van der Waals surface area contributed by atoms with Gasteiger partial charge >= 0.3 is 0 Å². The molecule has 3 aromatic carbocycles. The molecule has 0 radical (unpaired) electrons. The van der Waals surface area contributed by atoms with E-state index in [4.69, 9.17) is 10.5 Å². The predicted octanol–water partition coefficient (Wildman–Crippen LogP) is 3.78. The fraction of sp³-hybridized carbons (Fsp3) is 0.455. The molecule has 6 amide bonds. The molecule has 0 aliphatic rings. The Kier molecular flexibility index (Phi) is 17.3. The summed E-state index contributed by atoms with van der Waals surface area (Å²) in [6, 6.07) is 19.8. The third kappa shape index (κ3) is 13.8. The largest absolute Gasteiger partial charge is 0.497 e. The van der Waals surface area contributed by atoms with Gasteiger partial charge in [-0.15, -0.1) is 0 Å². The van der Waals surface area contributed by atoms with Crippen LogP contribution in [0.5, 0.6) is 5.75 Å². The maximum Gasteiger partial charge on any atom is 0.245 e. The molecule has 3 rings (SSSR count). The molecule has 308 valence electrons. The number of carbonyl (C=O) groups excluding carboxylic acids is 6. The highest BCUT2D eigenvalue weighted by Crippen LogP contribution is 2.21. The average molecular weight is 785 g/mol. The number of rotatable bonds is 20. The zero-order valence-corrected chi connectivity index (χ0v) is 34.6. The van der Waals surface area contributed by atoms with E-state index in [9.17, 15) is 28.8 Å². The van der Waals surface area contributed by atoms with Gasteiger partial charge < -0.3 is 36.6 Å². The van der Waals surface area contributed by atoms with E-state index in [-0.39, 0.29) is 18.2 Å². The van der Waals surface area contributed by atoms with Crippen LogP contribution in [0.15, 0.2) is 78.9 Å². The summed E-state index contributed by atoms with van der Waals surface area (Å²) in [5.41, 5.74) is 8.96. The van der Waals surface area contributed by atoms with Crippen molar-refractivity contribution in [3.05, 3.63) is 90.0 Å². The number of nitrogens with two attached hydrogens (primary N) is 1. The van der Waals surface area contributed by atoms with Gasteiger partial charge in [0.1, 0.15) is 36.0 Å². The van der Waals surface area contributed by atoms with Crippen LogP contribution in [0.4, 0.5) is 0 Å². The van der Waals surface area contributed by atoms with E-state index in [2.05, 4.69) is 21.3 Å². The first kappa shape index (κ1) is 45.7. The SMILES string of the molecule is COc1cccc(C[C@H](C)C(=O)N[C@@H](CC(C)C)C(=O)N[C@@H](Cc2ccc(-c3ccccc3)cc2)C(=O)N[C@H](C(=O)N(C)[C@@H](C)C(=O)N[C@H](C)C(N)=O)C(C)C)c1. The molecule has 0 unspecified atom stereocenters. The number of hydrogen-bond acceptors (Lipinski definition) is 7. The van der Waals surface area contributed by atoms with Crippen LogP contribution in [0.25, 0.3) is 11.1 Å². The first-order valence-electron chi connectivity index (χ1n) is 19.5. The number of amides is 6. The third-order valence-corrected chi connectivity index (χ3v) is 9.92. The lowest BCUT2D eigenvalue weighted by Crippen LogP contribution is -2.60. The Hall–Kier alpha value is -5.72. The summed E-state index contributed by atoms with van der Waals surface area (Å²) in [5, 5.41) is 11.2. The van der Waals surface area contributed by atoms with Gasteiger partial charge in [0.2, 0.25) is 35.4 Å². The number of hydrogen-bond donors (Lipinski definition) is 5. The Labute approximate surface area is 336 Å². The molecule has 13 nitrogen and oxygen atoms in total. The second-order valence-corrected chi connectivity index (χ2v) is 15.5. The van der Waals surface area contributed by atoms with Crippen molar-refractivity contribution in [2.45, 2.75) is 97.9 Å². The Morgan fingerprint density at radius 1 is 0.649 bits per heavy atom. The van der Waals surface area contributed by atoms with E-state index in [0.717, 1.165) is 22.3 Å². The minimum absolute atomic E-state index is 0.0242. The molecule has 0 heterocycles. The minimum atomic E-state index is -1.14. The summed E-state index contributed by atoms with van der Waals surface area (Å²) in [4.78, 5) is 81.3. The molecule has 0 bridgehead atoms. The Morgan fingerprint density at radius 3 is 1.82 bits per heavy atom. The third-order valence-electron chi connectivity index (χ3n) is 9.92. The van der Waals surface area contributed by atoms with E-state index in [0.29, 0.717) is 18.6 Å². The van der Waals surface area contributed by atoms with Gasteiger partial charge in [0.25, 0.3) is 0 Å². The molecule has 3 aromatic rings. The van der Waals surface area contributed by atoms with Gasteiger partial charge in [0.05, 0.1) is 7.11 Å². The first-order chi connectivity index (χ1) is 26.9. The van der Waals surface area contributed by atoms with Crippen LogP contribution in [-0.2, 0) is 41.6 Å². The average Bonchev–Trinajstić information content (AvgIpc) is 3.18. The summed E-state index contributed by atoms with van der Waals surface area (Å²) in [6.07, 6.45) is 0.822. The van der Waals surface area contributed by atoms with E-state index in [1.54, 1.807) is 27.9 Å². The van der Waals surface area contributed by atoms with Crippen LogP contribution < -0.4 is 31.7 Å². The molecule has 0 aliphatic heterocycles. The predicted molar refractivity (Wildman–Crippen MR) is 221 cm³/mol. The second-order valence-electron chi connectivity index (χ2n) is 15.5. The van der Waals surface area contributed by atoms with Crippen molar-refractivity contribution in [2.24, 2.45) is 23.5 Å². The smallest absolute Gasteiger partial charge is 0.245 e. The maximum atomic E-state index is 14.2. The highest BCUT2D eigenvalue weighted by molar-refractivity contribution is 5.96. The number of nitrogens with zero attached hydrogens (tertiary/aromatic N) is 1. The summed E-state index contributed by atoms with van der Waals surface area (Å²) < 4.78 is 5.33. The molecule has 6 atom stereocenters. The Morgan fingerprint density at radius 2 is 1.25 bits per heavy atom. The lowest BCUT2D eigenvalue weighted by molar-refractivity contribution is -0.143. The molecule has 0 fully saturated rings. The number of primary amides is 1. The zero-order valence-electron chi connectivity index (χ0n) is 34.6. The van der Waals surface area contributed by atoms with Crippen LogP contribution in [0.3, 0.4) is 0 Å². The van der Waals surface area contributed by atoms with Gasteiger partial charge in [0.15, 0.2) is 0 Å². The number of carbonyl (C=O) groups is 6. The van der Waals surface area contributed by atoms with Crippen molar-refractivity contribution in [2.75, 3.05) is 14.2 Å². The summed E-state index contributed by atoms with van der Waals surface area (Å²) in [6.45, 7) is 12.1. The van der Waals surface area contributed by atoms with Gasteiger partial charge in [-0.2, -0.15) is 0 Å². The van der Waals surface area contributed by atoms with Crippen LogP contribution in [0.1, 0.15) is 66.0 Å². The van der Waals surface area contributed by atoms with Gasteiger partial charge in [-0.25, -0.2) is 0 Å². The van der Waals surface area contributed by atoms with E-state index in [1.807, 2.05) is 92.7 Å². The van der Waals surface area contributed by atoms with Crippen molar-refractivity contribution in [1.29, 1.82) is 0 Å². The Balaban J connectivity index is 1.88. The standard InChI is InChI=1S/C44H60N6O7/c1-26(2)22-36(47-40(52)28(5)23-32-14-13-17-35(24-32)57-9)42(54)48-37(25-31-18-20-34(21-19-31)33-15-11-10-12-16-33)43(55)49-38(27(3)4)44(56)50(8)30(7)41(53)46-29(6)39(45)51/h10-21,24,26-30,36-38H,22-23,25H2,1-9H3,(H2,45,51)(H,46,53)(H,47,52)(H,48,54)(H,49,55)/t28-,29+,30-,36-,37-,38-/m0/s1. The summed E-state index contributed by atoms with van der Waals surface area (Å²) in [5.74, 6) is -3.50. The van der Waals surface area contributed by atoms with Crippen molar-refractivity contribution >= 4 is 35.4 Å². The van der Waals surface area contributed by atoms with Gasteiger partial charge in [-0.3, -0.25) is 28.8 Å². The number of benzene rings is 3. The maximum absolute atomic E-state index is 14.2. The first-order valence-corrected chi connectivity index (χ1v) is 19.5. The Bertz CT molecular complexity index is 1830. The van der Waals surface area contributed by atoms with E-state index < -0.39 is 71.6 Å². The van der Waals surface area contributed by atoms with E-state index >= 15 is 0 Å². The molecule has 6 N–H and O–H groups in total. The highest BCUT2D eigenvalue weighted by Gasteiger charge is 2.35. The fourth-order valence-electron chi connectivity index (χ4n) is 6.20. The fourth-order valence-corrected chi connectivity index (χ4v) is 6.20. The van der Waals surface area contributed by atoms with Gasteiger partial charge in [0, 0.05) is 19.4 Å². The minimum Gasteiger partial charge on any atom is -0.497 e. The summed E-state index contributed by atoms with van der Waals surface area (Å²) in [7, 11) is 3.01. The molecule has 13 heteroatoms. The quantitative estimate of drug-likeness (QED) is 0.115. The summed E-state index contributed by atoms with van der Waals surface area (Å²) >= 11 is 0. The molecule has 0 aliphatic carbocycles. The van der Waals surface area contributed by atoms with Gasteiger partial charge in [-0.05, 0) is 72.9 Å². The van der Waals surface area contributed by atoms with Crippen LogP contribution >= 0.6 is 0 Å². The molecular weight excluding hydrogens is 725 g/mol. The number of likely N-dealkylation sites (N-methyl/N-ethyl adjacent to an activating group) is 1. The van der Waals surface area contributed by atoms with Crippen molar-refractivity contribution in [3.8, 4) is 16.9 Å². The lowest BCUT2D eigenvalue weighted by Gasteiger charge is -2.32. The van der Waals surface area contributed by atoms with Crippen LogP contribution in [-0.4, -0.2) is 84.7 Å². The van der Waals surface area contributed by atoms with Gasteiger partial charge in [-0.1, -0.05) is 101 Å². The topological polar surface area (TPSA) is 189 Å². The number of nitrogens with one attached hydrogen (secondary N) is 4. The van der Waals surface area contributed by atoms with E-state index in [1.165, 1.54) is 25.8 Å². The molecule has 0 saturated heterocycles. The molecule has 0 saturated carbocycles. The normalized spacial score (nSPS) is 14.3. The van der Waals surface area contributed by atoms with Crippen molar-refractivity contribution in [1.82, 2.24) is 26.2 Å². The van der Waals surface area contributed by atoms with Crippen LogP contribution in [0.2, 0.25) is 0 Å².